The Kier molecular flexibility index (Phi) is 5.89. The normalized spacial score (nSPS) is 13.9. The van der Waals surface area contributed by atoms with Crippen LogP contribution in [0.2, 0.25) is 0 Å². The summed E-state index contributed by atoms with van der Waals surface area (Å²) in [4.78, 5) is 33.9. The summed E-state index contributed by atoms with van der Waals surface area (Å²) in [6.45, 7) is 3.32. The molecule has 1 N–H and O–H groups in total. The van der Waals surface area contributed by atoms with Crippen LogP contribution in [0.3, 0.4) is 0 Å². The summed E-state index contributed by atoms with van der Waals surface area (Å²) in [7, 11) is 0. The summed E-state index contributed by atoms with van der Waals surface area (Å²) in [5, 5.41) is 3.20. The predicted octanol–water partition coefficient (Wildman–Crippen LogP) is 1.88. The molecule has 8 nitrogen and oxygen atoms in total. The molecule has 2 aromatic heterocycles. The van der Waals surface area contributed by atoms with Crippen molar-refractivity contribution in [2.75, 3.05) is 42.9 Å². The minimum Gasteiger partial charge on any atom is -0.354 e. The predicted molar refractivity (Wildman–Crippen MR) is 111 cm³/mol. The standard InChI is InChI=1S/C21H23N7O/c29-19(27-13-15-28(16-14-27)21-24-9-4-10-25-21)18-8-12-23-20(26-18)22-11-7-17-5-2-1-3-6-17/h1-6,8-10,12H,7,11,13-16H2,(H,22,23,26). The second-order valence-corrected chi connectivity index (χ2v) is 6.76. The molecule has 3 aromatic rings. The van der Waals surface area contributed by atoms with Crippen molar-refractivity contribution in [3.8, 4) is 0 Å². The van der Waals surface area contributed by atoms with Gasteiger partial charge < -0.3 is 15.1 Å². The highest BCUT2D eigenvalue weighted by Gasteiger charge is 2.24. The number of benzene rings is 1. The molecule has 1 aliphatic rings. The number of amides is 1. The van der Waals surface area contributed by atoms with Crippen molar-refractivity contribution < 1.29 is 4.79 Å². The fraction of sp³-hybridized carbons (Fsp3) is 0.286. The Morgan fingerprint density at radius 1 is 0.897 bits per heavy atom. The SMILES string of the molecule is O=C(c1ccnc(NCCc2ccccc2)n1)N1CCN(c2ncccn2)CC1. The molecule has 0 atom stereocenters. The van der Waals surface area contributed by atoms with E-state index in [0.29, 0.717) is 50.3 Å². The lowest BCUT2D eigenvalue weighted by atomic mass is 10.1. The van der Waals surface area contributed by atoms with Crippen molar-refractivity contribution in [1.29, 1.82) is 0 Å². The molecule has 0 spiro atoms. The fourth-order valence-electron chi connectivity index (χ4n) is 3.25. The number of nitrogens with one attached hydrogen (secondary N) is 1. The van der Waals surface area contributed by atoms with Crippen LogP contribution in [0.15, 0.2) is 61.1 Å². The van der Waals surface area contributed by atoms with Crippen LogP contribution in [0.1, 0.15) is 16.1 Å². The van der Waals surface area contributed by atoms with Gasteiger partial charge >= 0.3 is 0 Å². The molecule has 1 saturated heterocycles. The van der Waals surface area contributed by atoms with Gasteiger partial charge in [0.05, 0.1) is 0 Å². The zero-order valence-corrected chi connectivity index (χ0v) is 16.1. The Morgan fingerprint density at radius 2 is 1.66 bits per heavy atom. The number of anilines is 2. The van der Waals surface area contributed by atoms with E-state index in [2.05, 4.69) is 42.3 Å². The average Bonchev–Trinajstić information content (AvgIpc) is 2.80. The summed E-state index contributed by atoms with van der Waals surface area (Å²) in [5.41, 5.74) is 1.65. The highest BCUT2D eigenvalue weighted by atomic mass is 16.2. The third-order valence-electron chi connectivity index (χ3n) is 4.82. The van der Waals surface area contributed by atoms with Gasteiger partial charge in [0.1, 0.15) is 5.69 Å². The zero-order chi connectivity index (χ0) is 19.9. The first-order valence-corrected chi connectivity index (χ1v) is 9.72. The van der Waals surface area contributed by atoms with Gasteiger partial charge in [-0.25, -0.2) is 19.9 Å². The molecule has 0 aliphatic carbocycles. The van der Waals surface area contributed by atoms with Crippen LogP contribution in [-0.2, 0) is 6.42 Å². The van der Waals surface area contributed by atoms with Crippen molar-refractivity contribution >= 4 is 17.8 Å². The Labute approximate surface area is 169 Å². The summed E-state index contributed by atoms with van der Waals surface area (Å²) in [5.74, 6) is 1.10. The van der Waals surface area contributed by atoms with E-state index < -0.39 is 0 Å². The van der Waals surface area contributed by atoms with Gasteiger partial charge in [0.15, 0.2) is 0 Å². The molecule has 1 fully saturated rings. The van der Waals surface area contributed by atoms with Gasteiger partial charge in [0, 0.05) is 51.3 Å². The maximum atomic E-state index is 12.8. The lowest BCUT2D eigenvalue weighted by molar-refractivity contribution is 0.0740. The second-order valence-electron chi connectivity index (χ2n) is 6.76. The summed E-state index contributed by atoms with van der Waals surface area (Å²) >= 11 is 0. The maximum absolute atomic E-state index is 12.8. The van der Waals surface area contributed by atoms with Crippen molar-refractivity contribution in [3.05, 3.63) is 72.3 Å². The Bertz CT molecular complexity index is 928. The lowest BCUT2D eigenvalue weighted by Crippen LogP contribution is -2.49. The number of hydrogen-bond donors (Lipinski definition) is 1. The first-order chi connectivity index (χ1) is 14.3. The number of carbonyl (C=O) groups excluding carboxylic acids is 1. The summed E-state index contributed by atoms with van der Waals surface area (Å²) in [6, 6.07) is 13.7. The highest BCUT2D eigenvalue weighted by molar-refractivity contribution is 5.92. The van der Waals surface area contributed by atoms with Crippen molar-refractivity contribution in [2.45, 2.75) is 6.42 Å². The summed E-state index contributed by atoms with van der Waals surface area (Å²) < 4.78 is 0. The van der Waals surface area contributed by atoms with E-state index in [0.717, 1.165) is 6.42 Å². The number of aromatic nitrogens is 4. The van der Waals surface area contributed by atoms with Crippen LogP contribution in [0.25, 0.3) is 0 Å². The minimum absolute atomic E-state index is 0.0767. The molecule has 29 heavy (non-hydrogen) atoms. The van der Waals surface area contributed by atoms with E-state index in [-0.39, 0.29) is 5.91 Å². The van der Waals surface area contributed by atoms with E-state index >= 15 is 0 Å². The Balaban J connectivity index is 1.31. The van der Waals surface area contributed by atoms with Gasteiger partial charge in [-0.3, -0.25) is 4.79 Å². The zero-order valence-electron chi connectivity index (χ0n) is 16.1. The van der Waals surface area contributed by atoms with Crippen LogP contribution >= 0.6 is 0 Å². The first kappa shape index (κ1) is 18.8. The topological polar surface area (TPSA) is 87.1 Å². The van der Waals surface area contributed by atoms with Crippen LogP contribution in [0, 0.1) is 0 Å². The Hall–Kier alpha value is -3.55. The van der Waals surface area contributed by atoms with E-state index in [4.69, 9.17) is 0 Å². The van der Waals surface area contributed by atoms with Crippen molar-refractivity contribution in [3.63, 3.8) is 0 Å². The molecule has 1 amide bonds. The quantitative estimate of drug-likeness (QED) is 0.689. The molecule has 0 saturated carbocycles. The average molecular weight is 389 g/mol. The molecule has 0 radical (unpaired) electrons. The smallest absolute Gasteiger partial charge is 0.272 e. The van der Waals surface area contributed by atoms with E-state index in [9.17, 15) is 4.79 Å². The molecular weight excluding hydrogens is 366 g/mol. The number of hydrogen-bond acceptors (Lipinski definition) is 7. The molecule has 0 bridgehead atoms. The van der Waals surface area contributed by atoms with Crippen LogP contribution < -0.4 is 10.2 Å². The maximum Gasteiger partial charge on any atom is 0.272 e. The van der Waals surface area contributed by atoms with E-state index in [1.807, 2.05) is 23.1 Å². The van der Waals surface area contributed by atoms with Gasteiger partial charge in [-0.2, -0.15) is 0 Å². The van der Waals surface area contributed by atoms with Crippen molar-refractivity contribution in [1.82, 2.24) is 24.8 Å². The van der Waals surface area contributed by atoms with Gasteiger partial charge in [-0.05, 0) is 24.1 Å². The van der Waals surface area contributed by atoms with Crippen molar-refractivity contribution in [2.24, 2.45) is 0 Å². The molecule has 4 rings (SSSR count). The Morgan fingerprint density at radius 3 is 2.41 bits per heavy atom. The third kappa shape index (κ3) is 4.84. The molecule has 148 valence electrons. The largest absolute Gasteiger partial charge is 0.354 e. The molecule has 0 unspecified atom stereocenters. The third-order valence-corrected chi connectivity index (χ3v) is 4.82. The molecular formula is C21H23N7O. The molecule has 1 aromatic carbocycles. The van der Waals surface area contributed by atoms with E-state index in [1.165, 1.54) is 5.56 Å². The number of carbonyl (C=O) groups is 1. The monoisotopic (exact) mass is 389 g/mol. The van der Waals surface area contributed by atoms with Gasteiger partial charge in [-0.15, -0.1) is 0 Å². The molecule has 1 aliphatic heterocycles. The number of rotatable bonds is 6. The minimum atomic E-state index is -0.0767. The lowest BCUT2D eigenvalue weighted by Gasteiger charge is -2.34. The first-order valence-electron chi connectivity index (χ1n) is 9.72. The van der Waals surface area contributed by atoms with Crippen LogP contribution in [0.5, 0.6) is 0 Å². The summed E-state index contributed by atoms with van der Waals surface area (Å²) in [6.07, 6.45) is 5.95. The van der Waals surface area contributed by atoms with E-state index in [1.54, 1.807) is 30.7 Å². The highest BCUT2D eigenvalue weighted by Crippen LogP contribution is 2.12. The van der Waals surface area contributed by atoms with Crippen LogP contribution in [0.4, 0.5) is 11.9 Å². The van der Waals surface area contributed by atoms with Crippen LogP contribution in [-0.4, -0.2) is 63.5 Å². The van der Waals surface area contributed by atoms with Gasteiger partial charge in [0.25, 0.3) is 5.91 Å². The molecule has 8 heteroatoms. The molecule has 3 heterocycles. The fourth-order valence-corrected chi connectivity index (χ4v) is 3.25. The van der Waals surface area contributed by atoms with Gasteiger partial charge in [-0.1, -0.05) is 30.3 Å². The number of nitrogens with zero attached hydrogens (tertiary/aromatic N) is 6. The number of piperazine rings is 1. The second kappa shape index (κ2) is 9.09. The van der Waals surface area contributed by atoms with Gasteiger partial charge in [0.2, 0.25) is 11.9 Å².